The van der Waals surface area contributed by atoms with E-state index >= 15 is 0 Å². The predicted molar refractivity (Wildman–Crippen MR) is 67.3 cm³/mol. The number of methoxy groups -OCH3 is 1. The molecule has 5 nitrogen and oxygen atoms in total. The summed E-state index contributed by atoms with van der Waals surface area (Å²) < 4.78 is 5.20. The summed E-state index contributed by atoms with van der Waals surface area (Å²) in [6, 6.07) is 4.88. The quantitative estimate of drug-likeness (QED) is 0.896. The van der Waals surface area contributed by atoms with Crippen molar-refractivity contribution in [3.63, 3.8) is 0 Å². The zero-order valence-electron chi connectivity index (χ0n) is 9.82. The Bertz CT molecular complexity index is 607. The van der Waals surface area contributed by atoms with Crippen molar-refractivity contribution in [1.82, 2.24) is 10.2 Å². The number of aromatic nitrogens is 2. The van der Waals surface area contributed by atoms with Crippen LogP contribution >= 0.6 is 11.6 Å². The van der Waals surface area contributed by atoms with Gasteiger partial charge in [0.05, 0.1) is 12.8 Å². The minimum absolute atomic E-state index is 0.0309. The molecule has 1 aromatic carbocycles. The van der Waals surface area contributed by atoms with Crippen molar-refractivity contribution in [3.8, 4) is 17.0 Å². The lowest BCUT2D eigenvalue weighted by molar-refractivity contribution is 0.0690. The molecule has 0 atom stereocenters. The fourth-order valence-electron chi connectivity index (χ4n) is 1.70. The summed E-state index contributed by atoms with van der Waals surface area (Å²) in [7, 11) is 1.55. The third-order valence-corrected chi connectivity index (χ3v) is 2.85. The Hall–Kier alpha value is -2.01. The molecule has 0 aliphatic rings. The second-order valence-electron chi connectivity index (χ2n) is 3.75. The van der Waals surface area contributed by atoms with Gasteiger partial charge in [0.15, 0.2) is 0 Å². The zero-order valence-corrected chi connectivity index (χ0v) is 10.6. The number of ether oxygens (including phenoxy) is 1. The lowest BCUT2D eigenvalue weighted by Crippen LogP contribution is -1.95. The van der Waals surface area contributed by atoms with E-state index in [2.05, 4.69) is 10.2 Å². The van der Waals surface area contributed by atoms with Crippen LogP contribution in [0, 0.1) is 6.92 Å². The standard InChI is InChI=1S/C12H11ClN2O3/c1-6-8(3-7(13)4-11(6)18-2)9-5-10(12(16)17)15-14-9/h3-5H,1-2H3,(H,14,15)(H,16,17). The van der Waals surface area contributed by atoms with Crippen LogP contribution in [-0.2, 0) is 0 Å². The molecule has 0 amide bonds. The number of benzene rings is 1. The van der Waals surface area contributed by atoms with E-state index < -0.39 is 5.97 Å². The molecule has 6 heteroatoms. The Morgan fingerprint density at radius 1 is 1.44 bits per heavy atom. The molecule has 0 fully saturated rings. The molecule has 0 bridgehead atoms. The van der Waals surface area contributed by atoms with Crippen LogP contribution in [0.3, 0.4) is 0 Å². The SMILES string of the molecule is COc1cc(Cl)cc(-c2cc(C(=O)O)[nH]n2)c1C. The number of carboxylic acids is 1. The molecule has 0 aliphatic carbocycles. The molecular weight excluding hydrogens is 256 g/mol. The monoisotopic (exact) mass is 266 g/mol. The summed E-state index contributed by atoms with van der Waals surface area (Å²) in [5.74, 6) is -0.419. The van der Waals surface area contributed by atoms with Crippen molar-refractivity contribution >= 4 is 17.6 Å². The lowest BCUT2D eigenvalue weighted by atomic mass is 10.0. The summed E-state index contributed by atoms with van der Waals surface area (Å²) >= 11 is 5.99. The zero-order chi connectivity index (χ0) is 13.3. The minimum Gasteiger partial charge on any atom is -0.496 e. The second kappa shape index (κ2) is 4.70. The van der Waals surface area contributed by atoms with Gasteiger partial charge in [-0.1, -0.05) is 11.6 Å². The molecule has 0 unspecified atom stereocenters. The molecule has 0 saturated heterocycles. The summed E-state index contributed by atoms with van der Waals surface area (Å²) in [5, 5.41) is 15.8. The van der Waals surface area contributed by atoms with Crippen LogP contribution in [0.2, 0.25) is 5.02 Å². The number of halogens is 1. The van der Waals surface area contributed by atoms with Crippen molar-refractivity contribution < 1.29 is 14.6 Å². The van der Waals surface area contributed by atoms with Crippen LogP contribution in [0.5, 0.6) is 5.75 Å². The molecule has 1 heterocycles. The van der Waals surface area contributed by atoms with Crippen LogP contribution in [0.1, 0.15) is 16.1 Å². The molecule has 2 N–H and O–H groups in total. The van der Waals surface area contributed by atoms with Crippen LogP contribution in [0.4, 0.5) is 0 Å². The van der Waals surface area contributed by atoms with Crippen LogP contribution in [0.15, 0.2) is 18.2 Å². The smallest absolute Gasteiger partial charge is 0.353 e. The Kier molecular flexibility index (Phi) is 3.25. The van der Waals surface area contributed by atoms with Gasteiger partial charge in [-0.15, -0.1) is 0 Å². The van der Waals surface area contributed by atoms with Crippen molar-refractivity contribution in [2.75, 3.05) is 7.11 Å². The summed E-state index contributed by atoms with van der Waals surface area (Å²) in [6.07, 6.45) is 0. The Morgan fingerprint density at radius 2 is 2.17 bits per heavy atom. The highest BCUT2D eigenvalue weighted by molar-refractivity contribution is 6.31. The number of aromatic amines is 1. The number of hydrogen-bond donors (Lipinski definition) is 2. The van der Waals surface area contributed by atoms with Crippen molar-refractivity contribution in [1.29, 1.82) is 0 Å². The Balaban J connectivity index is 2.55. The molecule has 1 aromatic heterocycles. The number of H-pyrrole nitrogens is 1. The largest absolute Gasteiger partial charge is 0.496 e. The van der Waals surface area contributed by atoms with Crippen LogP contribution < -0.4 is 4.74 Å². The maximum atomic E-state index is 10.8. The minimum atomic E-state index is -1.06. The van der Waals surface area contributed by atoms with Gasteiger partial charge in [-0.3, -0.25) is 5.10 Å². The van der Waals surface area contributed by atoms with Gasteiger partial charge in [0.25, 0.3) is 0 Å². The molecule has 0 aliphatic heterocycles. The first-order valence-corrected chi connectivity index (χ1v) is 5.54. The highest BCUT2D eigenvalue weighted by atomic mass is 35.5. The number of hydrogen-bond acceptors (Lipinski definition) is 3. The van der Waals surface area contributed by atoms with Crippen molar-refractivity contribution in [2.45, 2.75) is 6.92 Å². The number of aromatic carboxylic acids is 1. The van der Waals surface area contributed by atoms with E-state index in [1.807, 2.05) is 6.92 Å². The van der Waals surface area contributed by atoms with Crippen molar-refractivity contribution in [2.24, 2.45) is 0 Å². The molecule has 18 heavy (non-hydrogen) atoms. The first-order valence-electron chi connectivity index (χ1n) is 5.16. The third-order valence-electron chi connectivity index (χ3n) is 2.63. The molecule has 0 radical (unpaired) electrons. The van der Waals surface area contributed by atoms with Crippen LogP contribution in [0.25, 0.3) is 11.3 Å². The number of nitrogens with zero attached hydrogens (tertiary/aromatic N) is 1. The maximum Gasteiger partial charge on any atom is 0.353 e. The summed E-state index contributed by atoms with van der Waals surface area (Å²) in [4.78, 5) is 10.8. The first-order chi connectivity index (χ1) is 8.52. The Morgan fingerprint density at radius 3 is 2.72 bits per heavy atom. The van der Waals surface area contributed by atoms with Gasteiger partial charge >= 0.3 is 5.97 Å². The van der Waals surface area contributed by atoms with Gasteiger partial charge in [0.1, 0.15) is 11.4 Å². The Labute approximate surface area is 108 Å². The van der Waals surface area contributed by atoms with Gasteiger partial charge < -0.3 is 9.84 Å². The maximum absolute atomic E-state index is 10.8. The average Bonchev–Trinajstić information content (AvgIpc) is 2.81. The van der Waals surface area contributed by atoms with E-state index in [4.69, 9.17) is 21.4 Å². The fraction of sp³-hybridized carbons (Fsp3) is 0.167. The van der Waals surface area contributed by atoms with E-state index in [1.54, 1.807) is 19.2 Å². The number of carboxylic acid groups (broad SMARTS) is 1. The molecular formula is C12H11ClN2O3. The molecule has 2 rings (SSSR count). The number of nitrogens with one attached hydrogen (secondary N) is 1. The van der Waals surface area contributed by atoms with E-state index in [0.717, 1.165) is 11.1 Å². The van der Waals surface area contributed by atoms with Crippen LogP contribution in [-0.4, -0.2) is 28.4 Å². The highest BCUT2D eigenvalue weighted by Crippen LogP contribution is 2.32. The lowest BCUT2D eigenvalue weighted by Gasteiger charge is -2.09. The van der Waals surface area contributed by atoms with E-state index in [-0.39, 0.29) is 5.69 Å². The molecule has 2 aromatic rings. The van der Waals surface area contributed by atoms with E-state index in [1.165, 1.54) is 6.07 Å². The third kappa shape index (κ3) is 2.17. The normalized spacial score (nSPS) is 10.4. The van der Waals surface area contributed by atoms with Gasteiger partial charge in [-0.05, 0) is 25.1 Å². The number of carbonyl (C=O) groups is 1. The van der Waals surface area contributed by atoms with E-state index in [0.29, 0.717) is 16.5 Å². The summed E-state index contributed by atoms with van der Waals surface area (Å²) in [6.45, 7) is 1.86. The molecule has 0 saturated carbocycles. The summed E-state index contributed by atoms with van der Waals surface area (Å²) in [5.41, 5.74) is 2.14. The fourth-order valence-corrected chi connectivity index (χ4v) is 1.91. The van der Waals surface area contributed by atoms with Gasteiger partial charge in [-0.2, -0.15) is 5.10 Å². The molecule has 0 spiro atoms. The van der Waals surface area contributed by atoms with Crippen molar-refractivity contribution in [3.05, 3.63) is 34.5 Å². The van der Waals surface area contributed by atoms with Gasteiger partial charge in [0, 0.05) is 16.1 Å². The topological polar surface area (TPSA) is 75.2 Å². The predicted octanol–water partition coefficient (Wildman–Crippen LogP) is 2.75. The average molecular weight is 267 g/mol. The first kappa shape index (κ1) is 12.4. The number of rotatable bonds is 3. The highest BCUT2D eigenvalue weighted by Gasteiger charge is 2.14. The van der Waals surface area contributed by atoms with Gasteiger partial charge in [-0.25, -0.2) is 4.79 Å². The second-order valence-corrected chi connectivity index (χ2v) is 4.19. The van der Waals surface area contributed by atoms with E-state index in [9.17, 15) is 4.79 Å². The molecule has 94 valence electrons. The van der Waals surface area contributed by atoms with Gasteiger partial charge in [0.2, 0.25) is 0 Å².